The molecule has 0 spiro atoms. The molecule has 5 rings (SSSR count). The Kier molecular flexibility index (Phi) is 9.56. The maximum Gasteiger partial charge on any atom is 0.261 e. The Hall–Kier alpha value is -2.47. The quantitative estimate of drug-likeness (QED) is 0.145. The van der Waals surface area contributed by atoms with E-state index in [1.807, 2.05) is 55.1 Å². The number of ketones is 1. The SMILES string of the molecule is CC1CN(c2c(CO[Si](c3ccccc3)(c3ccccc3)C(C)(C)C)nc(C(=O)c3cnc(Br)s3)c(F)c2Cl)CC(C)O1. The van der Waals surface area contributed by atoms with Gasteiger partial charge in [-0.1, -0.05) is 93.0 Å². The highest BCUT2D eigenvalue weighted by Gasteiger charge is 2.50. The highest BCUT2D eigenvalue weighted by atomic mass is 79.9. The lowest BCUT2D eigenvalue weighted by Gasteiger charge is -2.43. The molecule has 0 bridgehead atoms. The first-order valence-corrected chi connectivity index (χ1v) is 18.0. The molecule has 43 heavy (non-hydrogen) atoms. The topological polar surface area (TPSA) is 64.5 Å². The number of pyridine rings is 1. The van der Waals surface area contributed by atoms with E-state index in [0.717, 1.165) is 21.7 Å². The van der Waals surface area contributed by atoms with Crippen LogP contribution in [0.2, 0.25) is 10.1 Å². The van der Waals surface area contributed by atoms with E-state index in [1.165, 1.54) is 6.20 Å². The van der Waals surface area contributed by atoms with Crippen molar-refractivity contribution in [2.75, 3.05) is 18.0 Å². The summed E-state index contributed by atoms with van der Waals surface area (Å²) in [6, 6.07) is 20.5. The number of carbonyl (C=O) groups excluding carboxylic acids is 1. The van der Waals surface area contributed by atoms with E-state index in [9.17, 15) is 4.79 Å². The average Bonchev–Trinajstić information content (AvgIpc) is 3.41. The van der Waals surface area contributed by atoms with Crippen molar-refractivity contribution in [1.82, 2.24) is 9.97 Å². The van der Waals surface area contributed by atoms with Crippen LogP contribution >= 0.6 is 38.9 Å². The molecule has 1 aliphatic rings. The van der Waals surface area contributed by atoms with Gasteiger partial charge in [0.25, 0.3) is 8.32 Å². The molecule has 2 aromatic heterocycles. The molecule has 2 atom stereocenters. The molecule has 11 heteroatoms. The molecule has 1 saturated heterocycles. The van der Waals surface area contributed by atoms with Crippen LogP contribution in [0.5, 0.6) is 0 Å². The van der Waals surface area contributed by atoms with Gasteiger partial charge >= 0.3 is 0 Å². The minimum absolute atomic E-state index is 0.0232. The number of nitrogens with zero attached hydrogens (tertiary/aromatic N) is 3. The Morgan fingerprint density at radius 3 is 2.14 bits per heavy atom. The standard InChI is InChI=1S/C32H34BrClFN3O3SSi/c1-20-17-38(18-21(2)41-20)29-24(37-28(27(35)26(29)34)30(39)25-16-36-31(33)42-25)19-40-43(32(3,4)5,22-12-8-6-9-13-22)23-14-10-7-11-15-23/h6-16,20-21H,17-19H2,1-5H3. The van der Waals surface area contributed by atoms with Gasteiger partial charge in [-0.2, -0.15) is 0 Å². The van der Waals surface area contributed by atoms with Crippen molar-refractivity contribution in [3.05, 3.63) is 97.9 Å². The maximum absolute atomic E-state index is 16.0. The number of halogens is 3. The van der Waals surface area contributed by atoms with Crippen LogP contribution in [0.25, 0.3) is 0 Å². The second kappa shape index (κ2) is 12.9. The number of rotatable bonds is 8. The van der Waals surface area contributed by atoms with Gasteiger partial charge in [0, 0.05) is 13.1 Å². The lowest BCUT2D eigenvalue weighted by molar-refractivity contribution is -0.00535. The predicted octanol–water partition coefficient (Wildman–Crippen LogP) is 7.01. The average molecular weight is 703 g/mol. The van der Waals surface area contributed by atoms with Gasteiger partial charge in [-0.3, -0.25) is 4.79 Å². The second-order valence-corrected chi connectivity index (χ2v) is 18.8. The van der Waals surface area contributed by atoms with Crippen molar-refractivity contribution in [3.8, 4) is 0 Å². The third-order valence-electron chi connectivity index (χ3n) is 7.62. The van der Waals surface area contributed by atoms with E-state index in [-0.39, 0.29) is 39.4 Å². The molecule has 0 radical (unpaired) electrons. The van der Waals surface area contributed by atoms with Crippen molar-refractivity contribution in [2.24, 2.45) is 0 Å². The summed E-state index contributed by atoms with van der Waals surface area (Å²) in [7, 11) is -2.99. The number of ether oxygens (including phenoxy) is 1. The molecule has 4 aromatic rings. The Morgan fingerprint density at radius 1 is 1.09 bits per heavy atom. The third-order valence-corrected chi connectivity index (χ3v) is 14.4. The smallest absolute Gasteiger partial charge is 0.261 e. The van der Waals surface area contributed by atoms with Crippen LogP contribution in [0.15, 0.2) is 70.8 Å². The van der Waals surface area contributed by atoms with Gasteiger partial charge in [0.05, 0.1) is 41.3 Å². The van der Waals surface area contributed by atoms with Gasteiger partial charge in [0.15, 0.2) is 9.73 Å². The molecule has 1 fully saturated rings. The highest BCUT2D eigenvalue weighted by molar-refractivity contribution is 9.11. The number of hydrogen-bond acceptors (Lipinski definition) is 7. The first-order chi connectivity index (χ1) is 20.4. The minimum Gasteiger partial charge on any atom is -0.401 e. The van der Waals surface area contributed by atoms with E-state index < -0.39 is 19.9 Å². The molecular weight excluding hydrogens is 669 g/mol. The monoisotopic (exact) mass is 701 g/mol. The lowest BCUT2D eigenvalue weighted by Crippen LogP contribution is -2.66. The summed E-state index contributed by atoms with van der Waals surface area (Å²) in [6.45, 7) is 11.5. The fourth-order valence-electron chi connectivity index (χ4n) is 5.92. The van der Waals surface area contributed by atoms with Crippen molar-refractivity contribution in [3.63, 3.8) is 0 Å². The van der Waals surface area contributed by atoms with Crippen molar-refractivity contribution in [2.45, 2.75) is 58.5 Å². The fourth-order valence-corrected chi connectivity index (χ4v) is 12.0. The van der Waals surface area contributed by atoms with Crippen LogP contribution in [0.3, 0.4) is 0 Å². The highest BCUT2D eigenvalue weighted by Crippen LogP contribution is 2.40. The van der Waals surface area contributed by atoms with Crippen molar-refractivity contribution in [1.29, 1.82) is 0 Å². The third kappa shape index (κ3) is 6.36. The van der Waals surface area contributed by atoms with Crippen LogP contribution in [0.1, 0.15) is 55.7 Å². The van der Waals surface area contributed by atoms with Gasteiger partial charge in [-0.15, -0.1) is 11.3 Å². The molecule has 3 heterocycles. The summed E-state index contributed by atoms with van der Waals surface area (Å²) in [5.41, 5.74) is 0.494. The summed E-state index contributed by atoms with van der Waals surface area (Å²) in [4.78, 5) is 24.5. The molecule has 0 saturated carbocycles. The van der Waals surface area contributed by atoms with E-state index in [0.29, 0.717) is 28.4 Å². The van der Waals surface area contributed by atoms with Gasteiger partial charge in [0.2, 0.25) is 5.78 Å². The normalized spacial score (nSPS) is 17.7. The summed E-state index contributed by atoms with van der Waals surface area (Å²) in [5.74, 6) is -1.43. The molecule has 0 amide bonds. The van der Waals surface area contributed by atoms with Crippen molar-refractivity contribution < 1.29 is 18.3 Å². The zero-order valence-electron chi connectivity index (χ0n) is 24.7. The van der Waals surface area contributed by atoms with Gasteiger partial charge in [-0.25, -0.2) is 14.4 Å². The first-order valence-electron chi connectivity index (χ1n) is 14.1. The molecule has 2 aromatic carbocycles. The van der Waals surface area contributed by atoms with Gasteiger partial charge < -0.3 is 14.1 Å². The lowest BCUT2D eigenvalue weighted by atomic mass is 10.1. The van der Waals surface area contributed by atoms with E-state index >= 15 is 4.39 Å². The molecule has 1 aliphatic heterocycles. The van der Waals surface area contributed by atoms with Crippen LogP contribution in [0.4, 0.5) is 10.1 Å². The number of benzene rings is 2. The molecule has 226 valence electrons. The zero-order chi connectivity index (χ0) is 30.9. The number of morpholine rings is 1. The second-order valence-electron chi connectivity index (χ2n) is 11.8. The molecule has 2 unspecified atom stereocenters. The van der Waals surface area contributed by atoms with Crippen molar-refractivity contribution >= 4 is 69.0 Å². The largest absolute Gasteiger partial charge is 0.401 e. The fraction of sp³-hybridized carbons (Fsp3) is 0.344. The summed E-state index contributed by atoms with van der Waals surface area (Å²) >= 11 is 11.2. The number of anilines is 1. The van der Waals surface area contributed by atoms with E-state index in [4.69, 9.17) is 20.8 Å². The number of aromatic nitrogens is 2. The van der Waals surface area contributed by atoms with E-state index in [2.05, 4.69) is 70.9 Å². The maximum atomic E-state index is 16.0. The number of thiazole rings is 1. The van der Waals surface area contributed by atoms with Crippen LogP contribution in [-0.2, 0) is 15.8 Å². The number of carbonyl (C=O) groups is 1. The molecule has 0 N–H and O–H groups in total. The molecular formula is C32H34BrClFN3O3SSi. The van der Waals surface area contributed by atoms with Crippen LogP contribution < -0.4 is 15.3 Å². The Morgan fingerprint density at radius 2 is 1.65 bits per heavy atom. The predicted molar refractivity (Wildman–Crippen MR) is 177 cm³/mol. The van der Waals surface area contributed by atoms with Gasteiger partial charge in [0.1, 0.15) is 10.7 Å². The molecule has 0 aliphatic carbocycles. The molecule has 6 nitrogen and oxygen atoms in total. The number of hydrogen-bond donors (Lipinski definition) is 0. The van der Waals surface area contributed by atoms with Gasteiger partial charge in [-0.05, 0) is 45.2 Å². The Bertz CT molecular complexity index is 1550. The zero-order valence-corrected chi connectivity index (χ0v) is 28.9. The Balaban J connectivity index is 1.68. The first kappa shape index (κ1) is 31.9. The summed E-state index contributed by atoms with van der Waals surface area (Å²) < 4.78 is 29.7. The Labute approximate surface area is 270 Å². The summed E-state index contributed by atoms with van der Waals surface area (Å²) in [5, 5.41) is 1.75. The van der Waals surface area contributed by atoms with Crippen LogP contribution in [0, 0.1) is 5.82 Å². The van der Waals surface area contributed by atoms with Crippen LogP contribution in [-0.4, -0.2) is 49.4 Å². The summed E-state index contributed by atoms with van der Waals surface area (Å²) in [6.07, 6.45) is 1.19. The minimum atomic E-state index is -2.99. The van der Waals surface area contributed by atoms with E-state index in [1.54, 1.807) is 0 Å².